The van der Waals surface area contributed by atoms with E-state index in [4.69, 9.17) is 18.9 Å². The summed E-state index contributed by atoms with van der Waals surface area (Å²) in [6.07, 6.45) is 44.6. The van der Waals surface area contributed by atoms with Gasteiger partial charge in [0.15, 0.2) is 12.4 Å². The predicted octanol–water partition coefficient (Wildman–Crippen LogP) is 11.7. The van der Waals surface area contributed by atoms with Crippen LogP contribution in [0.15, 0.2) is 36.5 Å². The minimum Gasteiger partial charge on any atom is -0.545 e. The van der Waals surface area contributed by atoms with E-state index in [0.29, 0.717) is 23.9 Å². The van der Waals surface area contributed by atoms with Gasteiger partial charge in [-0.1, -0.05) is 185 Å². The fourth-order valence-corrected chi connectivity index (χ4v) is 6.67. The summed E-state index contributed by atoms with van der Waals surface area (Å²) < 4.78 is 22.6. The van der Waals surface area contributed by atoms with Gasteiger partial charge >= 0.3 is 11.9 Å². The Hall–Kier alpha value is -2.49. The molecule has 0 aromatic rings. The minimum absolute atomic E-state index is 0.145. The van der Waals surface area contributed by atoms with Crippen molar-refractivity contribution in [1.82, 2.24) is 0 Å². The van der Waals surface area contributed by atoms with Gasteiger partial charge in [0.1, 0.15) is 13.2 Å². The number of ether oxygens (including phenoxy) is 4. The molecule has 0 saturated heterocycles. The van der Waals surface area contributed by atoms with Crippen LogP contribution in [0, 0.1) is 0 Å². The number of likely N-dealkylation sites (N-methyl/N-ethyl adjacent to an activating group) is 1. The first-order valence-corrected chi connectivity index (χ1v) is 24.1. The van der Waals surface area contributed by atoms with Gasteiger partial charge in [-0.25, -0.2) is 0 Å². The Balaban J connectivity index is 4.36. The molecule has 0 aromatic heterocycles. The van der Waals surface area contributed by atoms with E-state index in [1.807, 2.05) is 21.1 Å². The molecule has 0 rings (SSSR count). The number of hydrogen-bond acceptors (Lipinski definition) is 8. The van der Waals surface area contributed by atoms with Crippen LogP contribution in [0.2, 0.25) is 0 Å². The third kappa shape index (κ3) is 43.4. The highest BCUT2D eigenvalue weighted by Gasteiger charge is 2.21. The number of carbonyl (C=O) groups excluding carboxylic acids is 3. The molecule has 0 bridgehead atoms. The zero-order valence-corrected chi connectivity index (χ0v) is 38.9. The second-order valence-electron chi connectivity index (χ2n) is 17.4. The first kappa shape index (κ1) is 56.5. The molecule has 0 aliphatic rings. The normalized spacial score (nSPS) is 13.2. The highest BCUT2D eigenvalue weighted by atomic mass is 16.7. The highest BCUT2D eigenvalue weighted by molar-refractivity contribution is 5.70. The standard InChI is InChI=1S/C50H91NO8/c1-6-8-10-12-14-16-18-20-22-23-24-25-27-28-30-32-34-36-38-40-47(52)57-44-46(45-58-50(49(54)55)56-43-42-51(3,4)5)59-48(53)41-39-37-35-33-31-29-26-21-19-17-15-13-11-9-7-2/h9,11,15,17,21,26,46,50H,6-8,10,12-14,16,18-20,22-25,27-45H2,1-5H3/b11-9-,17-15-,26-21-. The fourth-order valence-electron chi connectivity index (χ4n) is 6.67. The Morgan fingerprint density at radius 1 is 0.525 bits per heavy atom. The molecule has 0 aliphatic heterocycles. The number of esters is 2. The number of carboxylic acids is 1. The van der Waals surface area contributed by atoms with Crippen LogP contribution in [0.3, 0.4) is 0 Å². The number of rotatable bonds is 44. The smallest absolute Gasteiger partial charge is 0.306 e. The van der Waals surface area contributed by atoms with Crippen LogP contribution in [-0.4, -0.2) is 82.3 Å². The lowest BCUT2D eigenvalue weighted by Crippen LogP contribution is -2.44. The van der Waals surface area contributed by atoms with E-state index >= 15 is 0 Å². The third-order valence-electron chi connectivity index (χ3n) is 10.4. The lowest BCUT2D eigenvalue weighted by Gasteiger charge is -2.26. The monoisotopic (exact) mass is 834 g/mol. The fraction of sp³-hybridized carbons (Fsp3) is 0.820. The van der Waals surface area contributed by atoms with Crippen LogP contribution in [0.1, 0.15) is 206 Å². The molecule has 59 heavy (non-hydrogen) atoms. The van der Waals surface area contributed by atoms with E-state index in [1.165, 1.54) is 103 Å². The number of nitrogens with zero attached hydrogens (tertiary/aromatic N) is 1. The zero-order chi connectivity index (χ0) is 43.5. The van der Waals surface area contributed by atoms with Gasteiger partial charge in [0.05, 0.1) is 40.3 Å². The van der Waals surface area contributed by atoms with Crippen LogP contribution in [0.5, 0.6) is 0 Å². The summed E-state index contributed by atoms with van der Waals surface area (Å²) >= 11 is 0. The number of carboxylic acid groups (broad SMARTS) is 1. The van der Waals surface area contributed by atoms with Crippen molar-refractivity contribution in [3.63, 3.8) is 0 Å². The van der Waals surface area contributed by atoms with Crippen molar-refractivity contribution < 1.29 is 42.9 Å². The molecule has 0 saturated carbocycles. The van der Waals surface area contributed by atoms with Gasteiger partial charge in [0, 0.05) is 12.8 Å². The van der Waals surface area contributed by atoms with Crippen LogP contribution >= 0.6 is 0 Å². The molecule has 0 heterocycles. The summed E-state index contributed by atoms with van der Waals surface area (Å²) in [7, 11) is 5.91. The Labute approximate surface area is 362 Å². The number of unbranched alkanes of at least 4 members (excludes halogenated alkanes) is 23. The summed E-state index contributed by atoms with van der Waals surface area (Å²) in [6, 6.07) is 0. The van der Waals surface area contributed by atoms with E-state index < -0.39 is 24.3 Å². The minimum atomic E-state index is -1.62. The molecule has 0 radical (unpaired) electrons. The number of quaternary nitrogens is 1. The molecular weight excluding hydrogens is 743 g/mol. The summed E-state index contributed by atoms with van der Waals surface area (Å²) in [5.41, 5.74) is 0. The molecule has 0 aliphatic carbocycles. The van der Waals surface area contributed by atoms with Crippen molar-refractivity contribution >= 4 is 17.9 Å². The molecule has 0 N–H and O–H groups in total. The van der Waals surface area contributed by atoms with Crippen molar-refractivity contribution in [3.8, 4) is 0 Å². The first-order valence-electron chi connectivity index (χ1n) is 24.1. The molecular formula is C50H91NO8. The van der Waals surface area contributed by atoms with E-state index in [9.17, 15) is 19.5 Å². The zero-order valence-electron chi connectivity index (χ0n) is 38.9. The Bertz CT molecular complexity index is 1070. The van der Waals surface area contributed by atoms with Crippen molar-refractivity contribution in [1.29, 1.82) is 0 Å². The Kier molecular flexibility index (Phi) is 40.4. The summed E-state index contributed by atoms with van der Waals surface area (Å²) in [5.74, 6) is -2.30. The average molecular weight is 834 g/mol. The summed E-state index contributed by atoms with van der Waals surface area (Å²) in [6.45, 7) is 4.63. The van der Waals surface area contributed by atoms with Gasteiger partial charge in [0.25, 0.3) is 0 Å². The lowest BCUT2D eigenvalue weighted by molar-refractivity contribution is -0.870. The average Bonchev–Trinajstić information content (AvgIpc) is 3.19. The first-order chi connectivity index (χ1) is 28.6. The molecule has 0 aromatic carbocycles. The van der Waals surface area contributed by atoms with E-state index in [1.54, 1.807) is 0 Å². The quantitative estimate of drug-likeness (QED) is 0.0196. The van der Waals surface area contributed by atoms with Gasteiger partial charge in [-0.2, -0.15) is 0 Å². The third-order valence-corrected chi connectivity index (χ3v) is 10.4. The second kappa shape index (κ2) is 42.2. The van der Waals surface area contributed by atoms with Gasteiger partial charge in [-0.3, -0.25) is 9.59 Å². The number of aliphatic carboxylic acids is 1. The maximum absolute atomic E-state index is 12.8. The van der Waals surface area contributed by atoms with Crippen LogP contribution in [-0.2, 0) is 33.3 Å². The van der Waals surface area contributed by atoms with Crippen molar-refractivity contribution in [2.45, 2.75) is 219 Å². The van der Waals surface area contributed by atoms with E-state index in [2.05, 4.69) is 50.3 Å². The van der Waals surface area contributed by atoms with E-state index in [0.717, 1.165) is 70.6 Å². The molecule has 2 unspecified atom stereocenters. The molecule has 0 amide bonds. The van der Waals surface area contributed by atoms with Gasteiger partial charge in [0.2, 0.25) is 0 Å². The Morgan fingerprint density at radius 2 is 0.966 bits per heavy atom. The molecule has 344 valence electrons. The van der Waals surface area contributed by atoms with Crippen LogP contribution < -0.4 is 5.11 Å². The van der Waals surface area contributed by atoms with E-state index in [-0.39, 0.29) is 32.2 Å². The van der Waals surface area contributed by atoms with Crippen molar-refractivity contribution in [2.75, 3.05) is 47.5 Å². The van der Waals surface area contributed by atoms with Crippen LogP contribution in [0.4, 0.5) is 0 Å². The maximum Gasteiger partial charge on any atom is 0.306 e. The molecule has 0 spiro atoms. The lowest BCUT2D eigenvalue weighted by atomic mass is 10.0. The van der Waals surface area contributed by atoms with Gasteiger partial charge in [-0.15, -0.1) is 0 Å². The maximum atomic E-state index is 12.8. The summed E-state index contributed by atoms with van der Waals surface area (Å²) in [4.78, 5) is 37.0. The Morgan fingerprint density at radius 3 is 1.44 bits per heavy atom. The molecule has 0 fully saturated rings. The second-order valence-corrected chi connectivity index (χ2v) is 17.4. The van der Waals surface area contributed by atoms with Crippen molar-refractivity contribution in [3.05, 3.63) is 36.5 Å². The highest BCUT2D eigenvalue weighted by Crippen LogP contribution is 2.16. The SMILES string of the molecule is CC/C=C\C/C=C\C/C=C\CCCCCCCC(=O)OC(COC(=O)CCCCCCCCCCCCCCCCCCCCC)COC(OCC[N+](C)(C)C)C(=O)[O-]. The molecule has 9 heteroatoms. The summed E-state index contributed by atoms with van der Waals surface area (Å²) in [5, 5.41) is 11.7. The number of allylic oxidation sites excluding steroid dienone is 6. The largest absolute Gasteiger partial charge is 0.545 e. The molecule has 9 nitrogen and oxygen atoms in total. The predicted molar refractivity (Wildman–Crippen MR) is 242 cm³/mol. The van der Waals surface area contributed by atoms with Crippen molar-refractivity contribution in [2.24, 2.45) is 0 Å². The van der Waals surface area contributed by atoms with Gasteiger partial charge in [-0.05, 0) is 44.9 Å². The van der Waals surface area contributed by atoms with Crippen LogP contribution in [0.25, 0.3) is 0 Å². The van der Waals surface area contributed by atoms with Gasteiger partial charge < -0.3 is 33.3 Å². The number of carbonyl (C=O) groups is 3. The molecule has 2 atom stereocenters. The topological polar surface area (TPSA) is 111 Å². The number of hydrogen-bond donors (Lipinski definition) is 0.